The van der Waals surface area contributed by atoms with Crippen molar-refractivity contribution in [2.75, 3.05) is 13.1 Å². The summed E-state index contributed by atoms with van der Waals surface area (Å²) in [7, 11) is 0. The van der Waals surface area contributed by atoms with Gasteiger partial charge in [-0.3, -0.25) is 9.59 Å². The van der Waals surface area contributed by atoms with Crippen LogP contribution in [0.2, 0.25) is 0 Å². The van der Waals surface area contributed by atoms with Crippen molar-refractivity contribution in [2.45, 2.75) is 76.7 Å². The first kappa shape index (κ1) is 21.7. The summed E-state index contributed by atoms with van der Waals surface area (Å²) in [6.45, 7) is 0.659. The second-order valence-electron chi connectivity index (χ2n) is 8.50. The molecule has 2 amide bonds. The van der Waals surface area contributed by atoms with Gasteiger partial charge in [0.25, 0.3) is 5.91 Å². The second-order valence-corrected chi connectivity index (χ2v) is 8.50. The van der Waals surface area contributed by atoms with Crippen molar-refractivity contribution in [2.24, 2.45) is 5.92 Å². The Morgan fingerprint density at radius 2 is 1.38 bits per heavy atom. The molecule has 1 saturated heterocycles. The van der Waals surface area contributed by atoms with Crippen LogP contribution in [0.5, 0.6) is 0 Å². The molecule has 0 unspecified atom stereocenters. The van der Waals surface area contributed by atoms with Crippen molar-refractivity contribution in [1.29, 1.82) is 0 Å². The van der Waals surface area contributed by atoms with E-state index in [1.54, 1.807) is 0 Å². The smallest absolute Gasteiger partial charge is 0.254 e. The van der Waals surface area contributed by atoms with E-state index < -0.39 is 11.6 Å². The maximum atomic E-state index is 13.3. The van der Waals surface area contributed by atoms with Gasteiger partial charge < -0.3 is 10.2 Å². The standard InChI is InChI=1S/C23H32F2N2O2/c24-20-13-12-17(14-21(20)25)23(29)27-15-18(16-27)22(28)26-19-10-8-6-4-2-1-3-5-7-9-11-19/h12-14,18-19H,1-11,15-16H2,(H,26,28). The monoisotopic (exact) mass is 406 g/mol. The summed E-state index contributed by atoms with van der Waals surface area (Å²) in [6, 6.07) is 3.36. The first-order chi connectivity index (χ1) is 14.0. The van der Waals surface area contributed by atoms with Crippen LogP contribution in [0.25, 0.3) is 0 Å². The fraction of sp³-hybridized carbons (Fsp3) is 0.652. The van der Waals surface area contributed by atoms with E-state index in [1.165, 1.54) is 55.9 Å². The van der Waals surface area contributed by atoms with Gasteiger partial charge in [0.1, 0.15) is 0 Å². The Bertz CT molecular complexity index is 692. The van der Waals surface area contributed by atoms with Crippen LogP contribution in [0.15, 0.2) is 18.2 Å². The Kier molecular flexibility index (Phi) is 8.01. The average molecular weight is 407 g/mol. The first-order valence-electron chi connectivity index (χ1n) is 11.1. The number of hydrogen-bond acceptors (Lipinski definition) is 2. The molecule has 1 aromatic carbocycles. The van der Waals surface area contributed by atoms with Crippen molar-refractivity contribution in [3.8, 4) is 0 Å². The van der Waals surface area contributed by atoms with Crippen molar-refractivity contribution in [3.63, 3.8) is 0 Å². The zero-order valence-electron chi connectivity index (χ0n) is 17.1. The predicted octanol–water partition coefficient (Wildman–Crippen LogP) is 4.83. The Hall–Kier alpha value is -1.98. The van der Waals surface area contributed by atoms with Crippen molar-refractivity contribution in [1.82, 2.24) is 10.2 Å². The molecule has 1 saturated carbocycles. The molecule has 0 spiro atoms. The van der Waals surface area contributed by atoms with Crippen molar-refractivity contribution in [3.05, 3.63) is 35.4 Å². The summed E-state index contributed by atoms with van der Waals surface area (Å²) in [6.07, 6.45) is 13.4. The number of rotatable bonds is 3. The lowest BCUT2D eigenvalue weighted by Gasteiger charge is -2.39. The van der Waals surface area contributed by atoms with E-state index >= 15 is 0 Å². The number of carbonyl (C=O) groups is 2. The Labute approximate surface area is 172 Å². The van der Waals surface area contributed by atoms with Gasteiger partial charge in [0, 0.05) is 24.7 Å². The molecular weight excluding hydrogens is 374 g/mol. The average Bonchev–Trinajstić information content (AvgIpc) is 2.65. The van der Waals surface area contributed by atoms with Gasteiger partial charge in [-0.05, 0) is 31.0 Å². The van der Waals surface area contributed by atoms with E-state index in [0.29, 0.717) is 13.1 Å². The molecule has 1 aromatic rings. The molecule has 1 aliphatic heterocycles. The summed E-state index contributed by atoms with van der Waals surface area (Å²) in [5.41, 5.74) is 0.113. The quantitative estimate of drug-likeness (QED) is 0.782. The molecule has 160 valence electrons. The van der Waals surface area contributed by atoms with Gasteiger partial charge >= 0.3 is 0 Å². The predicted molar refractivity (Wildman–Crippen MR) is 108 cm³/mol. The third kappa shape index (κ3) is 6.25. The Morgan fingerprint density at radius 3 is 1.93 bits per heavy atom. The Morgan fingerprint density at radius 1 is 0.828 bits per heavy atom. The van der Waals surface area contributed by atoms with Gasteiger partial charge in [-0.2, -0.15) is 0 Å². The summed E-state index contributed by atoms with van der Waals surface area (Å²) >= 11 is 0. The van der Waals surface area contributed by atoms with E-state index in [-0.39, 0.29) is 29.3 Å². The fourth-order valence-corrected chi connectivity index (χ4v) is 4.25. The summed E-state index contributed by atoms with van der Waals surface area (Å²) in [5, 5.41) is 3.20. The van der Waals surface area contributed by atoms with Crippen LogP contribution in [-0.2, 0) is 4.79 Å². The molecule has 2 fully saturated rings. The highest BCUT2D eigenvalue weighted by atomic mass is 19.2. The highest BCUT2D eigenvalue weighted by Crippen LogP contribution is 2.22. The topological polar surface area (TPSA) is 49.4 Å². The minimum absolute atomic E-state index is 0.0106. The molecule has 1 heterocycles. The molecule has 2 aliphatic rings. The molecule has 0 bridgehead atoms. The number of nitrogens with one attached hydrogen (secondary N) is 1. The number of benzene rings is 1. The Balaban J connectivity index is 1.45. The lowest BCUT2D eigenvalue weighted by Crippen LogP contribution is -2.56. The number of carbonyl (C=O) groups excluding carboxylic acids is 2. The van der Waals surface area contributed by atoms with Gasteiger partial charge in [-0.15, -0.1) is 0 Å². The molecule has 0 aromatic heterocycles. The van der Waals surface area contributed by atoms with E-state index in [0.717, 1.165) is 37.8 Å². The van der Waals surface area contributed by atoms with E-state index in [9.17, 15) is 18.4 Å². The van der Waals surface area contributed by atoms with Crippen LogP contribution in [0.1, 0.15) is 81.0 Å². The summed E-state index contributed by atoms with van der Waals surface area (Å²) < 4.78 is 26.4. The normalized spacial score (nSPS) is 20.3. The molecule has 3 rings (SSSR count). The van der Waals surface area contributed by atoms with E-state index in [2.05, 4.69) is 5.32 Å². The minimum Gasteiger partial charge on any atom is -0.353 e. The van der Waals surface area contributed by atoms with Crippen LogP contribution in [0.3, 0.4) is 0 Å². The van der Waals surface area contributed by atoms with Gasteiger partial charge in [0.05, 0.1) is 5.92 Å². The molecular formula is C23H32F2N2O2. The second kappa shape index (κ2) is 10.7. The van der Waals surface area contributed by atoms with Crippen LogP contribution >= 0.6 is 0 Å². The van der Waals surface area contributed by atoms with Crippen LogP contribution < -0.4 is 5.32 Å². The molecule has 29 heavy (non-hydrogen) atoms. The highest BCUT2D eigenvalue weighted by Gasteiger charge is 2.36. The first-order valence-corrected chi connectivity index (χ1v) is 11.1. The number of halogens is 2. The van der Waals surface area contributed by atoms with Crippen LogP contribution in [-0.4, -0.2) is 35.8 Å². The molecule has 6 heteroatoms. The maximum absolute atomic E-state index is 13.3. The third-order valence-electron chi connectivity index (χ3n) is 6.16. The van der Waals surface area contributed by atoms with Crippen molar-refractivity contribution >= 4 is 11.8 Å². The lowest BCUT2D eigenvalue weighted by molar-refractivity contribution is -0.129. The van der Waals surface area contributed by atoms with Crippen LogP contribution in [0.4, 0.5) is 8.78 Å². The van der Waals surface area contributed by atoms with Crippen LogP contribution in [0, 0.1) is 17.6 Å². The van der Waals surface area contributed by atoms with Gasteiger partial charge in [-0.25, -0.2) is 8.78 Å². The largest absolute Gasteiger partial charge is 0.353 e. The van der Waals surface area contributed by atoms with Gasteiger partial charge in [0.15, 0.2) is 11.6 Å². The van der Waals surface area contributed by atoms with Gasteiger partial charge in [0.2, 0.25) is 5.91 Å². The zero-order valence-corrected chi connectivity index (χ0v) is 17.1. The third-order valence-corrected chi connectivity index (χ3v) is 6.16. The van der Waals surface area contributed by atoms with Gasteiger partial charge in [-0.1, -0.05) is 57.8 Å². The SMILES string of the molecule is O=C(NC1CCCCCCCCCCC1)C1CN(C(=O)c2ccc(F)c(F)c2)C1. The number of nitrogens with zero attached hydrogens (tertiary/aromatic N) is 1. The maximum Gasteiger partial charge on any atom is 0.254 e. The minimum atomic E-state index is -1.03. The zero-order chi connectivity index (χ0) is 20.6. The molecule has 0 atom stereocenters. The molecule has 1 aliphatic carbocycles. The van der Waals surface area contributed by atoms with E-state index in [1.807, 2.05) is 0 Å². The lowest BCUT2D eigenvalue weighted by atomic mass is 9.95. The molecule has 0 radical (unpaired) electrons. The van der Waals surface area contributed by atoms with E-state index in [4.69, 9.17) is 0 Å². The number of hydrogen-bond donors (Lipinski definition) is 1. The number of amides is 2. The highest BCUT2D eigenvalue weighted by molar-refractivity contribution is 5.96. The van der Waals surface area contributed by atoms with Crippen molar-refractivity contribution < 1.29 is 18.4 Å². The fourth-order valence-electron chi connectivity index (χ4n) is 4.25. The summed E-state index contributed by atoms with van der Waals surface area (Å²) in [5.74, 6) is -2.58. The number of likely N-dealkylation sites (tertiary alicyclic amines) is 1. The molecule has 1 N–H and O–H groups in total. The summed E-state index contributed by atoms with van der Waals surface area (Å²) in [4.78, 5) is 26.5. The molecule has 4 nitrogen and oxygen atoms in total.